The maximum absolute atomic E-state index is 12.6. The topological polar surface area (TPSA) is 63.1 Å². The van der Waals surface area contributed by atoms with E-state index in [9.17, 15) is 4.79 Å². The van der Waals surface area contributed by atoms with Crippen LogP contribution in [0.1, 0.15) is 47.8 Å². The van der Waals surface area contributed by atoms with Crippen LogP contribution >= 0.6 is 11.3 Å². The van der Waals surface area contributed by atoms with E-state index in [-0.39, 0.29) is 12.1 Å². The van der Waals surface area contributed by atoms with E-state index in [1.54, 1.807) is 17.5 Å². The van der Waals surface area contributed by atoms with Crippen molar-refractivity contribution in [2.75, 3.05) is 13.1 Å². The molecule has 1 unspecified atom stereocenters. The summed E-state index contributed by atoms with van der Waals surface area (Å²) in [5.41, 5.74) is 1.11. The van der Waals surface area contributed by atoms with Crippen molar-refractivity contribution in [3.63, 3.8) is 0 Å². The summed E-state index contributed by atoms with van der Waals surface area (Å²) in [7, 11) is 1.94. The summed E-state index contributed by atoms with van der Waals surface area (Å²) in [6.07, 6.45) is 8.76. The van der Waals surface area contributed by atoms with E-state index in [1.165, 1.54) is 4.88 Å². The number of thiazole rings is 1. The molecule has 0 aromatic carbocycles. The molecule has 6 nitrogen and oxygen atoms in total. The molecule has 3 rings (SSSR count). The first-order chi connectivity index (χ1) is 11.7. The molecule has 0 bridgehead atoms. The third kappa shape index (κ3) is 3.77. The number of nitrogens with zero attached hydrogens (tertiary/aromatic N) is 4. The third-order valence-corrected chi connectivity index (χ3v) is 5.73. The Bertz CT molecular complexity index is 680. The van der Waals surface area contributed by atoms with Crippen LogP contribution in [0.15, 0.2) is 18.5 Å². The predicted octanol–water partition coefficient (Wildman–Crippen LogP) is 2.92. The summed E-state index contributed by atoms with van der Waals surface area (Å²) < 4.78 is 1.87. The normalized spacial score (nSPS) is 17.9. The molecule has 1 aliphatic heterocycles. The van der Waals surface area contributed by atoms with Gasteiger partial charge >= 0.3 is 6.03 Å². The highest BCUT2D eigenvalue weighted by Gasteiger charge is 2.29. The number of carbonyl (C=O) groups excluding carboxylic acids is 1. The molecule has 0 aliphatic carbocycles. The minimum atomic E-state index is 0.0215. The summed E-state index contributed by atoms with van der Waals surface area (Å²) in [6, 6.07) is 2.16. The molecule has 130 valence electrons. The van der Waals surface area contributed by atoms with Crippen molar-refractivity contribution in [1.29, 1.82) is 0 Å². The van der Waals surface area contributed by atoms with Gasteiger partial charge in [-0.15, -0.1) is 11.3 Å². The zero-order chi connectivity index (χ0) is 16.9. The molecular formula is C17H25N5OS. The number of hydrogen-bond acceptors (Lipinski definition) is 4. The standard InChI is InChI=1S/C17H25N5OS/c1-3-13-12-19-16(24-13)8-9-18-17(23)22-11-5-4-6-15(22)14-7-10-20-21(14)2/h7,10,12,15H,3-6,8-9,11H2,1-2H3,(H,18,23). The van der Waals surface area contributed by atoms with Crippen molar-refractivity contribution < 1.29 is 4.79 Å². The monoisotopic (exact) mass is 347 g/mol. The predicted molar refractivity (Wildman–Crippen MR) is 95.1 cm³/mol. The van der Waals surface area contributed by atoms with Gasteiger partial charge in [-0.1, -0.05) is 6.92 Å². The summed E-state index contributed by atoms with van der Waals surface area (Å²) in [4.78, 5) is 20.3. The van der Waals surface area contributed by atoms with Crippen LogP contribution in [0.5, 0.6) is 0 Å². The highest BCUT2D eigenvalue weighted by atomic mass is 32.1. The molecule has 0 radical (unpaired) electrons. The Hall–Kier alpha value is -1.89. The third-order valence-electron chi connectivity index (χ3n) is 4.53. The molecule has 3 heterocycles. The van der Waals surface area contributed by atoms with Gasteiger partial charge in [-0.25, -0.2) is 9.78 Å². The summed E-state index contributed by atoms with van der Waals surface area (Å²) in [5, 5.41) is 8.40. The summed E-state index contributed by atoms with van der Waals surface area (Å²) in [5.74, 6) is 0. The molecule has 7 heteroatoms. The van der Waals surface area contributed by atoms with Crippen molar-refractivity contribution in [3.8, 4) is 0 Å². The van der Waals surface area contributed by atoms with Gasteiger partial charge in [-0.05, 0) is 31.7 Å². The minimum Gasteiger partial charge on any atom is -0.338 e. The number of likely N-dealkylation sites (tertiary alicyclic amines) is 1. The van der Waals surface area contributed by atoms with Gasteiger partial charge in [0.2, 0.25) is 0 Å². The van der Waals surface area contributed by atoms with E-state index in [0.29, 0.717) is 6.54 Å². The van der Waals surface area contributed by atoms with Crippen molar-refractivity contribution >= 4 is 17.4 Å². The van der Waals surface area contributed by atoms with Crippen molar-refractivity contribution in [2.24, 2.45) is 7.05 Å². The zero-order valence-electron chi connectivity index (χ0n) is 14.4. The molecule has 1 fully saturated rings. The van der Waals surface area contributed by atoms with Crippen LogP contribution in [-0.4, -0.2) is 38.8 Å². The van der Waals surface area contributed by atoms with Gasteiger partial charge in [-0.2, -0.15) is 5.10 Å². The lowest BCUT2D eigenvalue weighted by Gasteiger charge is -2.35. The molecule has 0 saturated carbocycles. The Kier molecular flexibility index (Phi) is 5.50. The number of aromatic nitrogens is 3. The Balaban J connectivity index is 1.57. The van der Waals surface area contributed by atoms with Gasteiger partial charge in [-0.3, -0.25) is 4.68 Å². The van der Waals surface area contributed by atoms with E-state index in [2.05, 4.69) is 22.3 Å². The van der Waals surface area contributed by atoms with E-state index in [4.69, 9.17) is 0 Å². The van der Waals surface area contributed by atoms with Gasteiger partial charge in [0.15, 0.2) is 0 Å². The molecule has 1 saturated heterocycles. The fourth-order valence-electron chi connectivity index (χ4n) is 3.20. The average molecular weight is 347 g/mol. The van der Waals surface area contributed by atoms with E-state index in [1.807, 2.05) is 28.9 Å². The van der Waals surface area contributed by atoms with Gasteiger partial charge < -0.3 is 10.2 Å². The molecule has 0 spiro atoms. The average Bonchev–Trinajstić information content (AvgIpc) is 3.23. The first kappa shape index (κ1) is 17.0. The van der Waals surface area contributed by atoms with Crippen LogP contribution in [0.3, 0.4) is 0 Å². The van der Waals surface area contributed by atoms with Crippen LogP contribution in [-0.2, 0) is 19.9 Å². The lowest BCUT2D eigenvalue weighted by molar-refractivity contribution is 0.148. The van der Waals surface area contributed by atoms with Gasteiger partial charge in [0.05, 0.1) is 16.7 Å². The van der Waals surface area contributed by atoms with E-state index in [0.717, 1.165) is 49.4 Å². The van der Waals surface area contributed by atoms with Crippen LogP contribution in [0.25, 0.3) is 0 Å². The molecule has 1 atom stereocenters. The first-order valence-electron chi connectivity index (χ1n) is 8.65. The molecule has 2 aromatic rings. The van der Waals surface area contributed by atoms with Crippen LogP contribution in [0.4, 0.5) is 4.79 Å². The fraction of sp³-hybridized carbons (Fsp3) is 0.588. The number of nitrogens with one attached hydrogen (secondary N) is 1. The maximum atomic E-state index is 12.6. The number of piperidine rings is 1. The van der Waals surface area contributed by atoms with Gasteiger partial charge in [0.1, 0.15) is 0 Å². The maximum Gasteiger partial charge on any atom is 0.317 e. The highest BCUT2D eigenvalue weighted by Crippen LogP contribution is 2.30. The summed E-state index contributed by atoms with van der Waals surface area (Å²) in [6.45, 7) is 3.57. The van der Waals surface area contributed by atoms with Crippen LogP contribution in [0, 0.1) is 0 Å². The quantitative estimate of drug-likeness (QED) is 0.904. The second kappa shape index (κ2) is 7.79. The second-order valence-electron chi connectivity index (χ2n) is 6.14. The van der Waals surface area contributed by atoms with Crippen molar-refractivity contribution in [2.45, 2.75) is 45.1 Å². The largest absolute Gasteiger partial charge is 0.338 e. The Morgan fingerprint density at radius 1 is 1.46 bits per heavy atom. The number of rotatable bonds is 5. The number of urea groups is 1. The number of carbonyl (C=O) groups is 1. The number of hydrogen-bond donors (Lipinski definition) is 1. The van der Waals surface area contributed by atoms with Gasteiger partial charge in [0.25, 0.3) is 0 Å². The number of aryl methyl sites for hydroxylation is 2. The summed E-state index contributed by atoms with van der Waals surface area (Å²) >= 11 is 1.73. The lowest BCUT2D eigenvalue weighted by Crippen LogP contribution is -2.45. The molecule has 1 aliphatic rings. The molecule has 1 N–H and O–H groups in total. The molecule has 2 amide bonds. The van der Waals surface area contributed by atoms with E-state index < -0.39 is 0 Å². The van der Waals surface area contributed by atoms with Crippen LogP contribution in [0.2, 0.25) is 0 Å². The number of amides is 2. The molecule has 2 aromatic heterocycles. The smallest absolute Gasteiger partial charge is 0.317 e. The van der Waals surface area contributed by atoms with E-state index >= 15 is 0 Å². The minimum absolute atomic E-state index is 0.0215. The molecular weight excluding hydrogens is 322 g/mol. The van der Waals surface area contributed by atoms with Crippen molar-refractivity contribution in [3.05, 3.63) is 34.0 Å². The van der Waals surface area contributed by atoms with Crippen molar-refractivity contribution in [1.82, 2.24) is 25.0 Å². The first-order valence-corrected chi connectivity index (χ1v) is 9.46. The second-order valence-corrected chi connectivity index (χ2v) is 7.34. The SMILES string of the molecule is CCc1cnc(CCNC(=O)N2CCCCC2c2ccnn2C)s1. The lowest BCUT2D eigenvalue weighted by atomic mass is 10.00. The Labute approximate surface area is 146 Å². The Morgan fingerprint density at radius 3 is 3.04 bits per heavy atom. The Morgan fingerprint density at radius 2 is 2.33 bits per heavy atom. The molecule has 24 heavy (non-hydrogen) atoms. The van der Waals surface area contributed by atoms with Crippen LogP contribution < -0.4 is 5.32 Å². The zero-order valence-corrected chi connectivity index (χ0v) is 15.2. The highest BCUT2D eigenvalue weighted by molar-refractivity contribution is 7.11. The van der Waals surface area contributed by atoms with Gasteiger partial charge in [0, 0.05) is 43.8 Å². The fourth-order valence-corrected chi connectivity index (χ4v) is 4.06.